The standard InChI is InChI=1S/C13H11AsN2O3/c1-4-5-15-10-7-11(16(18)19)9(14)6-8(10)13(2,3)12(15)17/h1,6-7H,5H2,2-3H3. The molecular weight excluding hydrogens is 307 g/mol. The topological polar surface area (TPSA) is 63.5 Å². The number of rotatable bonds is 2. The number of fused-ring (bicyclic) bond motifs is 1. The third-order valence-corrected chi connectivity index (χ3v) is 4.03. The molecule has 2 rings (SSSR count). The minimum atomic E-state index is -0.712. The van der Waals surface area contributed by atoms with E-state index in [4.69, 9.17) is 6.42 Å². The molecule has 0 bridgehead atoms. The second kappa shape index (κ2) is 4.39. The van der Waals surface area contributed by atoms with Crippen LogP contribution in [0.2, 0.25) is 0 Å². The SMILES string of the molecule is C#CCN1C(=O)C(C)(C)c2cc([As])c([N+](=O)[O-])cc21. The zero-order chi connectivity index (χ0) is 14.4. The van der Waals surface area contributed by atoms with Gasteiger partial charge in [-0.25, -0.2) is 0 Å². The number of hydrogen-bond donors (Lipinski definition) is 0. The van der Waals surface area contributed by atoms with Gasteiger partial charge in [0.25, 0.3) is 0 Å². The average Bonchev–Trinajstić information content (AvgIpc) is 2.50. The number of nitro groups is 1. The Morgan fingerprint density at radius 2 is 2.16 bits per heavy atom. The first-order valence-corrected chi connectivity index (χ1v) is 6.52. The van der Waals surface area contributed by atoms with E-state index in [9.17, 15) is 14.9 Å². The monoisotopic (exact) mass is 318 g/mol. The van der Waals surface area contributed by atoms with Crippen molar-refractivity contribution in [2.24, 2.45) is 0 Å². The summed E-state index contributed by atoms with van der Waals surface area (Å²) in [6, 6.07) is 3.11. The van der Waals surface area contributed by atoms with Crippen molar-refractivity contribution in [3.63, 3.8) is 0 Å². The molecule has 0 atom stereocenters. The van der Waals surface area contributed by atoms with Gasteiger partial charge in [-0.15, -0.1) is 0 Å². The molecule has 19 heavy (non-hydrogen) atoms. The second-order valence-electron chi connectivity index (χ2n) is 4.84. The van der Waals surface area contributed by atoms with Crippen molar-refractivity contribution in [1.29, 1.82) is 0 Å². The first-order valence-electron chi connectivity index (χ1n) is 5.58. The molecule has 0 N–H and O–H groups in total. The van der Waals surface area contributed by atoms with Crippen molar-refractivity contribution in [2.45, 2.75) is 19.3 Å². The maximum absolute atomic E-state index is 12.3. The van der Waals surface area contributed by atoms with Gasteiger partial charge in [0.15, 0.2) is 0 Å². The van der Waals surface area contributed by atoms with E-state index in [1.54, 1.807) is 19.9 Å². The van der Waals surface area contributed by atoms with E-state index in [0.717, 1.165) is 5.56 Å². The van der Waals surface area contributed by atoms with Crippen LogP contribution in [0.4, 0.5) is 11.4 Å². The van der Waals surface area contributed by atoms with Gasteiger partial charge in [-0.2, -0.15) is 0 Å². The van der Waals surface area contributed by atoms with Gasteiger partial charge in [0.2, 0.25) is 0 Å². The molecule has 0 spiro atoms. The van der Waals surface area contributed by atoms with Crippen molar-refractivity contribution >= 4 is 38.5 Å². The summed E-state index contributed by atoms with van der Waals surface area (Å²) in [7, 11) is 0. The Morgan fingerprint density at radius 3 is 2.68 bits per heavy atom. The van der Waals surface area contributed by atoms with Gasteiger partial charge in [-0.1, -0.05) is 0 Å². The Morgan fingerprint density at radius 1 is 1.53 bits per heavy atom. The molecule has 1 aromatic rings. The average molecular weight is 318 g/mol. The number of terminal acetylenes is 1. The van der Waals surface area contributed by atoms with Crippen LogP contribution in [0.5, 0.6) is 0 Å². The minimum absolute atomic E-state index is 0.0220. The Kier molecular flexibility index (Phi) is 3.15. The van der Waals surface area contributed by atoms with E-state index in [0.29, 0.717) is 10.0 Å². The molecule has 5 nitrogen and oxygen atoms in total. The van der Waals surface area contributed by atoms with Crippen LogP contribution < -0.4 is 9.25 Å². The zero-order valence-electron chi connectivity index (χ0n) is 10.5. The molecular formula is C13H11AsN2O3. The van der Waals surface area contributed by atoms with Crippen LogP contribution in [0.25, 0.3) is 0 Å². The fourth-order valence-corrected chi connectivity index (χ4v) is 2.82. The van der Waals surface area contributed by atoms with E-state index in [1.165, 1.54) is 11.0 Å². The molecule has 1 aromatic carbocycles. The van der Waals surface area contributed by atoms with Crippen molar-refractivity contribution < 1.29 is 9.72 Å². The molecule has 1 aliphatic heterocycles. The fraction of sp³-hybridized carbons (Fsp3) is 0.308. The summed E-state index contributed by atoms with van der Waals surface area (Å²) in [6.45, 7) is 3.70. The van der Waals surface area contributed by atoms with Gasteiger partial charge >= 0.3 is 119 Å². The van der Waals surface area contributed by atoms with Gasteiger partial charge < -0.3 is 0 Å². The zero-order valence-corrected chi connectivity index (χ0v) is 12.4. The van der Waals surface area contributed by atoms with Crippen molar-refractivity contribution in [3.8, 4) is 12.3 Å². The number of hydrogen-bond acceptors (Lipinski definition) is 3. The summed E-state index contributed by atoms with van der Waals surface area (Å²) in [4.78, 5) is 24.3. The van der Waals surface area contributed by atoms with E-state index >= 15 is 0 Å². The van der Waals surface area contributed by atoms with E-state index in [1.807, 2.05) is 0 Å². The first kappa shape index (κ1) is 13.6. The molecule has 1 amide bonds. The molecule has 96 valence electrons. The Hall–Kier alpha value is -1.79. The predicted octanol–water partition coefficient (Wildman–Crippen LogP) is 0.646. The number of carbonyl (C=O) groups excluding carboxylic acids is 1. The van der Waals surface area contributed by atoms with Crippen molar-refractivity contribution in [2.75, 3.05) is 11.4 Å². The van der Waals surface area contributed by atoms with E-state index in [2.05, 4.69) is 22.8 Å². The van der Waals surface area contributed by atoms with Crippen LogP contribution in [0.1, 0.15) is 19.4 Å². The van der Waals surface area contributed by atoms with Crippen LogP contribution in [0, 0.1) is 22.5 Å². The van der Waals surface area contributed by atoms with Crippen molar-refractivity contribution in [1.82, 2.24) is 0 Å². The number of nitrogens with zero attached hydrogens (tertiary/aromatic N) is 2. The van der Waals surface area contributed by atoms with Crippen molar-refractivity contribution in [3.05, 3.63) is 27.8 Å². The van der Waals surface area contributed by atoms with Gasteiger partial charge in [-0.3, -0.25) is 0 Å². The molecule has 0 unspecified atom stereocenters. The van der Waals surface area contributed by atoms with Gasteiger partial charge in [-0.05, 0) is 0 Å². The molecule has 0 aromatic heterocycles. The number of amides is 1. The summed E-state index contributed by atoms with van der Waals surface area (Å²) in [6.07, 6.45) is 5.26. The fourth-order valence-electron chi connectivity index (χ4n) is 2.25. The maximum atomic E-state index is 12.3. The Bertz CT molecular complexity index is 632. The third kappa shape index (κ3) is 1.93. The predicted molar refractivity (Wildman–Crippen MR) is 72.7 cm³/mol. The Balaban J connectivity index is 2.70. The molecule has 6 heteroatoms. The summed E-state index contributed by atoms with van der Waals surface area (Å²) in [5, 5.41) is 11.0. The van der Waals surface area contributed by atoms with Gasteiger partial charge in [0.1, 0.15) is 0 Å². The van der Waals surface area contributed by atoms with E-state index in [-0.39, 0.29) is 18.1 Å². The molecule has 2 radical (unpaired) electrons. The van der Waals surface area contributed by atoms with Crippen LogP contribution in [-0.4, -0.2) is 34.2 Å². The van der Waals surface area contributed by atoms with Crippen LogP contribution >= 0.6 is 0 Å². The van der Waals surface area contributed by atoms with Crippen LogP contribution in [-0.2, 0) is 10.2 Å². The summed E-state index contributed by atoms with van der Waals surface area (Å²) in [5.41, 5.74) is 0.574. The normalized spacial score (nSPS) is 16.1. The quantitative estimate of drug-likeness (QED) is 0.348. The third-order valence-electron chi connectivity index (χ3n) is 3.28. The van der Waals surface area contributed by atoms with Crippen LogP contribution in [0.15, 0.2) is 12.1 Å². The molecule has 1 aliphatic rings. The summed E-state index contributed by atoms with van der Waals surface area (Å²) >= 11 is 2.17. The summed E-state index contributed by atoms with van der Waals surface area (Å²) in [5.74, 6) is 2.28. The number of nitro benzene ring substituents is 1. The Labute approximate surface area is 119 Å². The van der Waals surface area contributed by atoms with E-state index < -0.39 is 10.3 Å². The molecule has 0 fully saturated rings. The number of benzene rings is 1. The number of carbonyl (C=O) groups is 1. The molecule has 1 heterocycles. The van der Waals surface area contributed by atoms with Gasteiger partial charge in [0, 0.05) is 0 Å². The molecule has 0 saturated heterocycles. The first-order chi connectivity index (χ1) is 8.80. The summed E-state index contributed by atoms with van der Waals surface area (Å²) < 4.78 is 0.486. The number of anilines is 1. The van der Waals surface area contributed by atoms with Crippen LogP contribution in [0.3, 0.4) is 0 Å². The second-order valence-corrected chi connectivity index (χ2v) is 5.85. The molecule has 0 aliphatic carbocycles. The van der Waals surface area contributed by atoms with Gasteiger partial charge in [0.05, 0.1) is 0 Å². The molecule has 0 saturated carbocycles.